The summed E-state index contributed by atoms with van der Waals surface area (Å²) in [6, 6.07) is 7.81. The largest absolute Gasteiger partial charge is 0.490 e. The van der Waals surface area contributed by atoms with Crippen LogP contribution in [-0.2, 0) is 0 Å². The van der Waals surface area contributed by atoms with Gasteiger partial charge in [-0.25, -0.2) is 8.78 Å². The van der Waals surface area contributed by atoms with Crippen molar-refractivity contribution in [3.05, 3.63) is 47.5 Å². The SMILES string of the molecule is CCC12CCNCC1c1cc(-c3c(F)cccc3F)cc3c1N2CCO3. The van der Waals surface area contributed by atoms with Gasteiger partial charge in [0.15, 0.2) is 0 Å². The maximum absolute atomic E-state index is 14.4. The molecule has 0 saturated carbocycles. The van der Waals surface area contributed by atoms with Crippen molar-refractivity contribution < 1.29 is 13.5 Å². The van der Waals surface area contributed by atoms with E-state index in [4.69, 9.17) is 4.74 Å². The third kappa shape index (κ3) is 2.01. The Kier molecular flexibility index (Phi) is 3.51. The second-order valence-corrected chi connectivity index (χ2v) is 7.47. The van der Waals surface area contributed by atoms with Gasteiger partial charge in [0, 0.05) is 18.0 Å². The van der Waals surface area contributed by atoms with Gasteiger partial charge in [-0.1, -0.05) is 13.0 Å². The first-order valence-corrected chi connectivity index (χ1v) is 9.39. The lowest BCUT2D eigenvalue weighted by Gasteiger charge is -2.47. The van der Waals surface area contributed by atoms with Crippen LogP contribution in [0.15, 0.2) is 30.3 Å². The van der Waals surface area contributed by atoms with Crippen LogP contribution in [0.25, 0.3) is 11.1 Å². The summed E-state index contributed by atoms with van der Waals surface area (Å²) in [6.07, 6.45) is 2.13. The lowest BCUT2D eigenvalue weighted by atomic mass is 9.75. The van der Waals surface area contributed by atoms with E-state index in [1.807, 2.05) is 6.07 Å². The minimum atomic E-state index is -0.536. The number of halogens is 2. The number of ether oxygens (including phenoxy) is 1. The Labute approximate surface area is 152 Å². The zero-order valence-electron chi connectivity index (χ0n) is 14.8. The fraction of sp³-hybridized carbons (Fsp3) is 0.429. The summed E-state index contributed by atoms with van der Waals surface area (Å²) in [6.45, 7) is 5.62. The molecule has 26 heavy (non-hydrogen) atoms. The smallest absolute Gasteiger partial charge is 0.143 e. The predicted octanol–water partition coefficient (Wildman–Crippen LogP) is 4.07. The molecule has 5 rings (SSSR count). The Morgan fingerprint density at radius 2 is 2.08 bits per heavy atom. The lowest BCUT2D eigenvalue weighted by Crippen LogP contribution is -2.57. The third-order valence-corrected chi connectivity index (χ3v) is 6.46. The predicted molar refractivity (Wildman–Crippen MR) is 97.9 cm³/mol. The summed E-state index contributed by atoms with van der Waals surface area (Å²) >= 11 is 0. The first kappa shape index (κ1) is 16.1. The van der Waals surface area contributed by atoms with E-state index in [-0.39, 0.29) is 11.1 Å². The van der Waals surface area contributed by atoms with Gasteiger partial charge in [-0.3, -0.25) is 0 Å². The molecule has 3 aliphatic rings. The Hall–Kier alpha value is -2.14. The normalized spacial score (nSPS) is 26.3. The summed E-state index contributed by atoms with van der Waals surface area (Å²) in [5.74, 6) is -0.00205. The highest BCUT2D eigenvalue weighted by atomic mass is 19.1. The molecule has 5 heteroatoms. The molecule has 0 radical (unpaired) electrons. The lowest BCUT2D eigenvalue weighted by molar-refractivity contribution is 0.229. The highest BCUT2D eigenvalue weighted by Crippen LogP contribution is 2.57. The quantitative estimate of drug-likeness (QED) is 0.878. The molecule has 2 unspecified atom stereocenters. The number of nitrogens with one attached hydrogen (secondary N) is 1. The third-order valence-electron chi connectivity index (χ3n) is 6.46. The minimum Gasteiger partial charge on any atom is -0.490 e. The van der Waals surface area contributed by atoms with Crippen LogP contribution in [0.4, 0.5) is 14.5 Å². The number of anilines is 1. The first-order chi connectivity index (χ1) is 12.7. The van der Waals surface area contributed by atoms with E-state index in [9.17, 15) is 8.78 Å². The topological polar surface area (TPSA) is 24.5 Å². The standard InChI is InChI=1S/C21H22F2N2O/c1-2-21-6-7-24-12-15(21)14-10-13(19-16(22)4-3-5-17(19)23)11-18-20(14)25(21)8-9-26-18/h3-5,10-11,15,24H,2,6-9,12H2,1H3. The Bertz CT molecular complexity index is 864. The fourth-order valence-corrected chi connectivity index (χ4v) is 5.27. The molecule has 0 aromatic heterocycles. The van der Waals surface area contributed by atoms with Crippen LogP contribution in [0.1, 0.15) is 31.2 Å². The van der Waals surface area contributed by atoms with Crippen LogP contribution in [0.2, 0.25) is 0 Å². The van der Waals surface area contributed by atoms with Crippen LogP contribution < -0.4 is 15.0 Å². The minimum absolute atomic E-state index is 0.0324. The number of piperidine rings is 1. The van der Waals surface area contributed by atoms with Gasteiger partial charge < -0.3 is 15.0 Å². The van der Waals surface area contributed by atoms with E-state index in [0.29, 0.717) is 18.1 Å². The van der Waals surface area contributed by atoms with Crippen molar-refractivity contribution in [2.24, 2.45) is 0 Å². The molecule has 3 nitrogen and oxygen atoms in total. The van der Waals surface area contributed by atoms with Crippen LogP contribution >= 0.6 is 0 Å². The Balaban J connectivity index is 1.74. The summed E-state index contributed by atoms with van der Waals surface area (Å²) in [5.41, 5.74) is 2.97. The highest BCUT2D eigenvalue weighted by Gasteiger charge is 2.53. The van der Waals surface area contributed by atoms with E-state index >= 15 is 0 Å². The van der Waals surface area contributed by atoms with Gasteiger partial charge in [-0.05, 0) is 54.8 Å². The van der Waals surface area contributed by atoms with Crippen LogP contribution in [0.5, 0.6) is 5.75 Å². The van der Waals surface area contributed by atoms with Crippen molar-refractivity contribution in [1.82, 2.24) is 5.32 Å². The van der Waals surface area contributed by atoms with Gasteiger partial charge in [-0.2, -0.15) is 0 Å². The monoisotopic (exact) mass is 356 g/mol. The fourth-order valence-electron chi connectivity index (χ4n) is 5.27. The number of hydrogen-bond acceptors (Lipinski definition) is 3. The molecular weight excluding hydrogens is 334 g/mol. The zero-order chi connectivity index (χ0) is 17.9. The van der Waals surface area contributed by atoms with Crippen molar-refractivity contribution in [2.75, 3.05) is 31.1 Å². The molecule has 0 spiro atoms. The first-order valence-electron chi connectivity index (χ1n) is 9.39. The number of hydrogen-bond donors (Lipinski definition) is 1. The molecule has 2 atom stereocenters. The second-order valence-electron chi connectivity index (χ2n) is 7.47. The van der Waals surface area contributed by atoms with E-state index in [1.54, 1.807) is 6.07 Å². The average molecular weight is 356 g/mol. The molecule has 2 aromatic rings. The molecule has 0 aliphatic carbocycles. The summed E-state index contributed by atoms with van der Waals surface area (Å²) in [4.78, 5) is 2.51. The van der Waals surface area contributed by atoms with Crippen molar-refractivity contribution in [3.63, 3.8) is 0 Å². The van der Waals surface area contributed by atoms with Crippen molar-refractivity contribution in [3.8, 4) is 16.9 Å². The van der Waals surface area contributed by atoms with Crippen molar-refractivity contribution >= 4 is 5.69 Å². The molecule has 3 heterocycles. The molecule has 3 aliphatic heterocycles. The van der Waals surface area contributed by atoms with Crippen LogP contribution in [0.3, 0.4) is 0 Å². The maximum atomic E-state index is 14.4. The molecule has 0 amide bonds. The van der Waals surface area contributed by atoms with Gasteiger partial charge in [0.2, 0.25) is 0 Å². The van der Waals surface area contributed by atoms with Crippen molar-refractivity contribution in [1.29, 1.82) is 0 Å². The maximum Gasteiger partial charge on any atom is 0.143 e. The second kappa shape index (κ2) is 5.68. The summed E-state index contributed by atoms with van der Waals surface area (Å²) in [5, 5.41) is 3.51. The number of rotatable bonds is 2. The molecular formula is C21H22F2N2O. The van der Waals surface area contributed by atoms with Gasteiger partial charge in [0.1, 0.15) is 24.0 Å². The van der Waals surface area contributed by atoms with Gasteiger partial charge in [0.25, 0.3) is 0 Å². The Morgan fingerprint density at radius 1 is 1.27 bits per heavy atom. The van der Waals surface area contributed by atoms with Gasteiger partial charge in [-0.15, -0.1) is 0 Å². The van der Waals surface area contributed by atoms with E-state index < -0.39 is 11.6 Å². The molecule has 136 valence electrons. The van der Waals surface area contributed by atoms with E-state index in [2.05, 4.69) is 17.1 Å². The van der Waals surface area contributed by atoms with Gasteiger partial charge in [0.05, 0.1) is 17.8 Å². The number of fused-ring (bicyclic) bond motifs is 3. The van der Waals surface area contributed by atoms with E-state index in [1.165, 1.54) is 18.2 Å². The Morgan fingerprint density at radius 3 is 2.85 bits per heavy atom. The number of benzene rings is 2. The summed E-state index contributed by atoms with van der Waals surface area (Å²) < 4.78 is 34.7. The van der Waals surface area contributed by atoms with Crippen LogP contribution in [-0.4, -0.2) is 31.8 Å². The molecule has 1 fully saturated rings. The summed E-state index contributed by atoms with van der Waals surface area (Å²) in [7, 11) is 0. The van der Waals surface area contributed by atoms with Gasteiger partial charge >= 0.3 is 0 Å². The van der Waals surface area contributed by atoms with Crippen LogP contribution in [0, 0.1) is 11.6 Å². The average Bonchev–Trinajstić information content (AvgIpc) is 2.94. The zero-order valence-corrected chi connectivity index (χ0v) is 14.8. The molecule has 0 bridgehead atoms. The molecule has 2 aromatic carbocycles. The molecule has 1 saturated heterocycles. The highest BCUT2D eigenvalue weighted by molar-refractivity contribution is 5.80. The van der Waals surface area contributed by atoms with Crippen molar-refractivity contribution in [2.45, 2.75) is 31.2 Å². The number of nitrogens with zero attached hydrogens (tertiary/aromatic N) is 1. The van der Waals surface area contributed by atoms with E-state index in [0.717, 1.165) is 49.5 Å². The molecule has 1 N–H and O–H groups in total.